The number of hydrogen-bond donors (Lipinski definition) is 0. The molecule has 0 heterocycles. The molecule has 1 atom stereocenters. The smallest absolute Gasteiger partial charge is 0.261 e. The van der Waals surface area contributed by atoms with Crippen LogP contribution in [0.1, 0.15) is 27.9 Å². The molecule has 1 nitrogen and oxygen atoms in total. The first kappa shape index (κ1) is 14.6. The van der Waals surface area contributed by atoms with Gasteiger partial charge in [0.25, 0.3) is 6.43 Å². The Morgan fingerprint density at radius 1 is 1.29 bits per heavy atom. The summed E-state index contributed by atoms with van der Waals surface area (Å²) in [7, 11) is 0. The molecular formula is C13H17BrF2O. The van der Waals surface area contributed by atoms with Gasteiger partial charge in [-0.15, -0.1) is 0 Å². The topological polar surface area (TPSA) is 9.23 Å². The van der Waals surface area contributed by atoms with Crippen LogP contribution in [0.2, 0.25) is 0 Å². The normalized spacial score (nSPS) is 13.1. The average molecular weight is 307 g/mol. The average Bonchev–Trinajstić information content (AvgIpc) is 2.23. The van der Waals surface area contributed by atoms with Crippen LogP contribution in [0.25, 0.3) is 0 Å². The van der Waals surface area contributed by atoms with E-state index in [0.29, 0.717) is 13.0 Å². The van der Waals surface area contributed by atoms with Crippen LogP contribution < -0.4 is 0 Å². The zero-order valence-electron chi connectivity index (χ0n) is 10.1. The molecular weight excluding hydrogens is 290 g/mol. The van der Waals surface area contributed by atoms with E-state index in [-0.39, 0.29) is 4.83 Å². The van der Waals surface area contributed by atoms with Gasteiger partial charge >= 0.3 is 0 Å². The van der Waals surface area contributed by atoms with E-state index in [4.69, 9.17) is 4.74 Å². The van der Waals surface area contributed by atoms with E-state index in [9.17, 15) is 8.78 Å². The number of aryl methyl sites for hydroxylation is 2. The summed E-state index contributed by atoms with van der Waals surface area (Å²) in [5.74, 6) is 0. The minimum atomic E-state index is -2.38. The molecule has 0 spiro atoms. The van der Waals surface area contributed by atoms with Gasteiger partial charge in [0, 0.05) is 11.4 Å². The largest absolute Gasteiger partial charge is 0.375 e. The van der Waals surface area contributed by atoms with E-state index in [1.54, 1.807) is 0 Å². The Hall–Kier alpha value is -0.480. The number of ether oxygens (including phenoxy) is 1. The van der Waals surface area contributed by atoms with Crippen LogP contribution in [-0.2, 0) is 4.74 Å². The van der Waals surface area contributed by atoms with Crippen molar-refractivity contribution in [2.45, 2.75) is 31.5 Å². The number of benzene rings is 1. The first-order chi connectivity index (χ1) is 8.00. The molecule has 1 unspecified atom stereocenters. The minimum absolute atomic E-state index is 0.153. The van der Waals surface area contributed by atoms with E-state index in [0.717, 1.165) is 0 Å². The van der Waals surface area contributed by atoms with Crippen molar-refractivity contribution in [1.29, 1.82) is 0 Å². The summed E-state index contributed by atoms with van der Waals surface area (Å²) >= 11 is 3.56. The van der Waals surface area contributed by atoms with Gasteiger partial charge in [-0.25, -0.2) is 8.78 Å². The van der Waals surface area contributed by atoms with E-state index < -0.39 is 13.0 Å². The van der Waals surface area contributed by atoms with Crippen molar-refractivity contribution in [3.63, 3.8) is 0 Å². The molecule has 1 aromatic rings. The minimum Gasteiger partial charge on any atom is -0.375 e. The van der Waals surface area contributed by atoms with Crippen molar-refractivity contribution in [1.82, 2.24) is 0 Å². The van der Waals surface area contributed by atoms with Gasteiger partial charge in [0.2, 0.25) is 0 Å². The molecule has 96 valence electrons. The van der Waals surface area contributed by atoms with Gasteiger partial charge in [0.05, 0.1) is 0 Å². The third kappa shape index (κ3) is 5.13. The summed E-state index contributed by atoms with van der Waals surface area (Å²) in [6, 6.07) is 6.23. The second-order valence-electron chi connectivity index (χ2n) is 4.08. The van der Waals surface area contributed by atoms with Crippen molar-refractivity contribution >= 4 is 15.9 Å². The van der Waals surface area contributed by atoms with Gasteiger partial charge in [-0.1, -0.05) is 39.7 Å². The highest BCUT2D eigenvalue weighted by Crippen LogP contribution is 2.29. The van der Waals surface area contributed by atoms with Crippen LogP contribution in [0.4, 0.5) is 8.78 Å². The summed E-state index contributed by atoms with van der Waals surface area (Å²) in [5.41, 5.74) is 3.62. The quantitative estimate of drug-likeness (QED) is 0.559. The van der Waals surface area contributed by atoms with Gasteiger partial charge in [-0.2, -0.15) is 0 Å². The fourth-order valence-electron chi connectivity index (χ4n) is 1.69. The summed E-state index contributed by atoms with van der Waals surface area (Å²) in [6.07, 6.45) is -1.69. The maximum Gasteiger partial charge on any atom is 0.261 e. The molecule has 0 aliphatic heterocycles. The van der Waals surface area contributed by atoms with Gasteiger partial charge in [-0.05, 0) is 31.4 Å². The number of halogens is 3. The summed E-state index contributed by atoms with van der Waals surface area (Å²) in [4.78, 5) is 0.153. The Morgan fingerprint density at radius 3 is 2.59 bits per heavy atom. The zero-order chi connectivity index (χ0) is 12.8. The van der Waals surface area contributed by atoms with Gasteiger partial charge in [0.1, 0.15) is 6.61 Å². The lowest BCUT2D eigenvalue weighted by Crippen LogP contribution is -2.07. The Balaban J connectivity index is 2.44. The molecule has 0 aliphatic rings. The first-order valence-corrected chi connectivity index (χ1v) is 6.49. The molecule has 1 aromatic carbocycles. The SMILES string of the molecule is Cc1ccc(C(Br)CCOCC(F)F)c(C)c1. The second kappa shape index (κ2) is 7.07. The van der Waals surface area contributed by atoms with E-state index in [1.165, 1.54) is 16.7 Å². The maximum atomic E-state index is 11.9. The molecule has 0 radical (unpaired) electrons. The molecule has 0 fully saturated rings. The van der Waals surface area contributed by atoms with E-state index in [2.05, 4.69) is 41.1 Å². The second-order valence-corrected chi connectivity index (χ2v) is 5.19. The van der Waals surface area contributed by atoms with Crippen molar-refractivity contribution < 1.29 is 13.5 Å². The van der Waals surface area contributed by atoms with Crippen molar-refractivity contribution in [3.8, 4) is 0 Å². The van der Waals surface area contributed by atoms with Gasteiger partial charge < -0.3 is 4.74 Å². The van der Waals surface area contributed by atoms with Gasteiger partial charge in [-0.3, -0.25) is 0 Å². The van der Waals surface area contributed by atoms with E-state index >= 15 is 0 Å². The fourth-order valence-corrected chi connectivity index (χ4v) is 2.39. The van der Waals surface area contributed by atoms with Crippen molar-refractivity contribution in [2.75, 3.05) is 13.2 Å². The monoisotopic (exact) mass is 306 g/mol. The summed E-state index contributed by atoms with van der Waals surface area (Å²) in [6.45, 7) is 3.96. The maximum absolute atomic E-state index is 11.9. The Morgan fingerprint density at radius 2 is 2.00 bits per heavy atom. The highest BCUT2D eigenvalue weighted by atomic mass is 79.9. The predicted molar refractivity (Wildman–Crippen MR) is 69.0 cm³/mol. The molecule has 0 bridgehead atoms. The third-order valence-corrected chi connectivity index (χ3v) is 3.47. The predicted octanol–water partition coefficient (Wildman–Crippen LogP) is 4.41. The number of alkyl halides is 3. The standard InChI is InChI=1S/C13H17BrF2O/c1-9-3-4-11(10(2)7-9)12(14)5-6-17-8-13(15)16/h3-4,7,12-13H,5-6,8H2,1-2H3. The molecule has 4 heteroatoms. The Bertz CT molecular complexity index is 355. The summed E-state index contributed by atoms with van der Waals surface area (Å²) < 4.78 is 28.6. The molecule has 0 saturated carbocycles. The molecule has 0 saturated heterocycles. The number of hydrogen-bond acceptors (Lipinski definition) is 1. The number of rotatable bonds is 6. The Labute approximate surface area is 109 Å². The van der Waals surface area contributed by atoms with E-state index in [1.807, 2.05) is 6.92 Å². The van der Waals surface area contributed by atoms with Gasteiger partial charge in [0.15, 0.2) is 0 Å². The Kier molecular flexibility index (Phi) is 6.06. The van der Waals surface area contributed by atoms with Crippen molar-refractivity contribution in [2.24, 2.45) is 0 Å². The van der Waals surface area contributed by atoms with Crippen LogP contribution in [0.15, 0.2) is 18.2 Å². The molecule has 0 amide bonds. The molecule has 17 heavy (non-hydrogen) atoms. The van der Waals surface area contributed by atoms with Crippen LogP contribution in [-0.4, -0.2) is 19.6 Å². The first-order valence-electron chi connectivity index (χ1n) is 5.58. The van der Waals surface area contributed by atoms with Crippen LogP contribution in [0, 0.1) is 13.8 Å². The molecule has 0 N–H and O–H groups in total. The lowest BCUT2D eigenvalue weighted by molar-refractivity contribution is 0.0167. The van der Waals surface area contributed by atoms with Crippen LogP contribution >= 0.6 is 15.9 Å². The third-order valence-electron chi connectivity index (χ3n) is 2.52. The molecule has 1 rings (SSSR count). The summed E-state index contributed by atoms with van der Waals surface area (Å²) in [5, 5.41) is 0. The highest BCUT2D eigenvalue weighted by molar-refractivity contribution is 9.09. The highest BCUT2D eigenvalue weighted by Gasteiger charge is 2.10. The zero-order valence-corrected chi connectivity index (χ0v) is 11.6. The lowest BCUT2D eigenvalue weighted by atomic mass is 10.0. The van der Waals surface area contributed by atoms with Crippen LogP contribution in [0.5, 0.6) is 0 Å². The molecule has 0 aromatic heterocycles. The lowest BCUT2D eigenvalue weighted by Gasteiger charge is -2.13. The van der Waals surface area contributed by atoms with Crippen molar-refractivity contribution in [3.05, 3.63) is 34.9 Å². The van der Waals surface area contributed by atoms with Crippen LogP contribution in [0.3, 0.4) is 0 Å². The molecule has 0 aliphatic carbocycles. The fraction of sp³-hybridized carbons (Fsp3) is 0.538.